The zero-order valence-corrected chi connectivity index (χ0v) is 15.4. The number of carbonyl (C=O) groups is 2. The van der Waals surface area contributed by atoms with Crippen LogP contribution in [0.15, 0.2) is 48.8 Å². The Morgan fingerprint density at radius 1 is 1.07 bits per heavy atom. The van der Waals surface area contributed by atoms with Gasteiger partial charge in [-0.15, -0.1) is 0 Å². The first kappa shape index (κ1) is 17.5. The van der Waals surface area contributed by atoms with Gasteiger partial charge in [0.25, 0.3) is 5.91 Å². The van der Waals surface area contributed by atoms with Gasteiger partial charge in [0.15, 0.2) is 0 Å². The lowest BCUT2D eigenvalue weighted by Crippen LogP contribution is -2.58. The second-order valence-corrected chi connectivity index (χ2v) is 7.33. The van der Waals surface area contributed by atoms with E-state index in [0.717, 1.165) is 24.2 Å². The number of aromatic nitrogens is 1. The Morgan fingerprint density at radius 3 is 2.59 bits per heavy atom. The molecular weight excluding hydrogens is 342 g/mol. The number of hydrogen-bond acceptors (Lipinski definition) is 4. The van der Waals surface area contributed by atoms with E-state index >= 15 is 0 Å². The molecule has 1 aromatic carbocycles. The minimum atomic E-state index is -0.584. The van der Waals surface area contributed by atoms with Crippen LogP contribution in [0, 0.1) is 0 Å². The van der Waals surface area contributed by atoms with Gasteiger partial charge in [-0.2, -0.15) is 0 Å². The Labute approximate surface area is 158 Å². The number of pyridine rings is 1. The van der Waals surface area contributed by atoms with Crippen LogP contribution in [0.4, 0.5) is 0 Å². The van der Waals surface area contributed by atoms with E-state index in [4.69, 9.17) is 4.74 Å². The van der Waals surface area contributed by atoms with Crippen molar-refractivity contribution < 1.29 is 14.3 Å². The van der Waals surface area contributed by atoms with Gasteiger partial charge >= 0.3 is 0 Å². The lowest BCUT2D eigenvalue weighted by molar-refractivity contribution is -0.132. The van der Waals surface area contributed by atoms with Crippen molar-refractivity contribution in [2.75, 3.05) is 19.6 Å². The summed E-state index contributed by atoms with van der Waals surface area (Å²) >= 11 is 0. The van der Waals surface area contributed by atoms with Crippen molar-refractivity contribution in [3.05, 3.63) is 59.9 Å². The van der Waals surface area contributed by atoms with Crippen LogP contribution >= 0.6 is 0 Å². The van der Waals surface area contributed by atoms with Crippen LogP contribution in [0.25, 0.3) is 0 Å². The van der Waals surface area contributed by atoms with E-state index in [0.29, 0.717) is 31.7 Å². The molecule has 0 saturated carbocycles. The van der Waals surface area contributed by atoms with Crippen molar-refractivity contribution in [3.8, 4) is 5.75 Å². The molecule has 3 heterocycles. The fourth-order valence-electron chi connectivity index (χ4n) is 3.99. The number of para-hydroxylation sites is 1. The fraction of sp³-hybridized carbons (Fsp3) is 0.381. The van der Waals surface area contributed by atoms with Crippen LogP contribution in [0.2, 0.25) is 0 Å². The average molecular weight is 365 g/mol. The molecule has 4 rings (SSSR count). The number of benzene rings is 1. The second-order valence-electron chi connectivity index (χ2n) is 7.33. The Bertz CT molecular complexity index is 855. The van der Waals surface area contributed by atoms with Gasteiger partial charge in [0, 0.05) is 43.5 Å². The molecule has 2 aromatic rings. The molecule has 1 atom stereocenters. The zero-order chi connectivity index (χ0) is 18.9. The van der Waals surface area contributed by atoms with Crippen LogP contribution < -0.4 is 4.74 Å². The topological polar surface area (TPSA) is 62.7 Å². The summed E-state index contributed by atoms with van der Waals surface area (Å²) in [6.45, 7) is 3.76. The highest BCUT2D eigenvalue weighted by Crippen LogP contribution is 2.35. The molecule has 0 bridgehead atoms. The molecule has 140 valence electrons. The van der Waals surface area contributed by atoms with Crippen molar-refractivity contribution in [3.63, 3.8) is 0 Å². The summed E-state index contributed by atoms with van der Waals surface area (Å²) in [6.07, 6.45) is 4.90. The van der Waals surface area contributed by atoms with E-state index in [9.17, 15) is 9.59 Å². The molecule has 2 aliphatic rings. The SMILES string of the molecule is CC(=O)N1Cc2ccccc2OC2(CCCN(C(=O)c3ccncc3)C2)C1. The molecule has 2 aliphatic heterocycles. The van der Waals surface area contributed by atoms with E-state index in [1.165, 1.54) is 0 Å². The van der Waals surface area contributed by atoms with E-state index in [2.05, 4.69) is 4.98 Å². The number of fused-ring (bicyclic) bond motifs is 1. The van der Waals surface area contributed by atoms with E-state index in [1.54, 1.807) is 31.5 Å². The number of nitrogens with zero attached hydrogens (tertiary/aromatic N) is 3. The molecule has 1 saturated heterocycles. The van der Waals surface area contributed by atoms with Gasteiger partial charge in [0.1, 0.15) is 11.4 Å². The predicted octanol–water partition coefficient (Wildman–Crippen LogP) is 2.50. The Kier molecular flexibility index (Phi) is 4.56. The number of carbonyl (C=O) groups excluding carboxylic acids is 2. The summed E-state index contributed by atoms with van der Waals surface area (Å²) in [7, 11) is 0. The molecular formula is C21H23N3O3. The standard InChI is InChI=1S/C21H23N3O3/c1-16(25)24-13-18-5-2-3-6-19(18)27-21(15-24)9-4-12-23(14-21)20(26)17-7-10-22-11-8-17/h2-3,5-8,10-11H,4,9,12-15H2,1H3. The summed E-state index contributed by atoms with van der Waals surface area (Å²) < 4.78 is 6.48. The maximum Gasteiger partial charge on any atom is 0.254 e. The zero-order valence-electron chi connectivity index (χ0n) is 15.4. The maximum atomic E-state index is 12.9. The smallest absolute Gasteiger partial charge is 0.254 e. The summed E-state index contributed by atoms with van der Waals surface area (Å²) in [4.78, 5) is 32.8. The van der Waals surface area contributed by atoms with Crippen molar-refractivity contribution in [2.45, 2.75) is 31.9 Å². The van der Waals surface area contributed by atoms with Gasteiger partial charge in [-0.05, 0) is 31.0 Å². The fourth-order valence-corrected chi connectivity index (χ4v) is 3.99. The number of likely N-dealkylation sites (tertiary alicyclic amines) is 1. The second kappa shape index (κ2) is 7.02. The van der Waals surface area contributed by atoms with Crippen molar-refractivity contribution in [1.29, 1.82) is 0 Å². The first-order chi connectivity index (χ1) is 13.1. The summed E-state index contributed by atoms with van der Waals surface area (Å²) in [5.74, 6) is 0.804. The third-order valence-electron chi connectivity index (χ3n) is 5.34. The number of rotatable bonds is 1. The molecule has 1 aromatic heterocycles. The number of piperidine rings is 1. The Morgan fingerprint density at radius 2 is 1.81 bits per heavy atom. The molecule has 6 heteroatoms. The average Bonchev–Trinajstić information content (AvgIpc) is 2.84. The first-order valence-corrected chi connectivity index (χ1v) is 9.28. The normalized spacial score (nSPS) is 22.0. The number of hydrogen-bond donors (Lipinski definition) is 0. The minimum Gasteiger partial charge on any atom is -0.483 e. The van der Waals surface area contributed by atoms with Gasteiger partial charge in [-0.1, -0.05) is 18.2 Å². The number of ether oxygens (including phenoxy) is 1. The molecule has 1 fully saturated rings. The largest absolute Gasteiger partial charge is 0.483 e. The van der Waals surface area contributed by atoms with Crippen LogP contribution in [-0.4, -0.2) is 51.8 Å². The lowest BCUT2D eigenvalue weighted by atomic mass is 9.91. The van der Waals surface area contributed by atoms with E-state index < -0.39 is 5.60 Å². The van der Waals surface area contributed by atoms with Gasteiger partial charge in [0.2, 0.25) is 5.91 Å². The molecule has 0 radical (unpaired) electrons. The molecule has 27 heavy (non-hydrogen) atoms. The van der Waals surface area contributed by atoms with Gasteiger partial charge in [0.05, 0.1) is 13.1 Å². The third-order valence-corrected chi connectivity index (χ3v) is 5.34. The lowest BCUT2D eigenvalue weighted by Gasteiger charge is -2.43. The van der Waals surface area contributed by atoms with Crippen LogP contribution in [0.1, 0.15) is 35.7 Å². The highest BCUT2D eigenvalue weighted by Gasteiger charge is 2.43. The molecule has 1 unspecified atom stereocenters. The highest BCUT2D eigenvalue weighted by atomic mass is 16.5. The van der Waals surface area contributed by atoms with Crippen LogP contribution in [0.5, 0.6) is 5.75 Å². The molecule has 2 amide bonds. The Hall–Kier alpha value is -2.89. The van der Waals surface area contributed by atoms with Crippen LogP contribution in [-0.2, 0) is 11.3 Å². The third kappa shape index (κ3) is 3.52. The number of amides is 2. The molecule has 0 N–H and O–H groups in total. The summed E-state index contributed by atoms with van der Waals surface area (Å²) in [6, 6.07) is 11.3. The highest BCUT2D eigenvalue weighted by molar-refractivity contribution is 5.94. The quantitative estimate of drug-likeness (QED) is 0.779. The van der Waals surface area contributed by atoms with Crippen molar-refractivity contribution >= 4 is 11.8 Å². The van der Waals surface area contributed by atoms with Gasteiger partial charge in [-0.25, -0.2) is 0 Å². The predicted molar refractivity (Wildman–Crippen MR) is 100 cm³/mol. The van der Waals surface area contributed by atoms with Crippen molar-refractivity contribution in [1.82, 2.24) is 14.8 Å². The molecule has 6 nitrogen and oxygen atoms in total. The minimum absolute atomic E-state index is 0.0206. The first-order valence-electron chi connectivity index (χ1n) is 9.28. The molecule has 0 aliphatic carbocycles. The van der Waals surface area contributed by atoms with Gasteiger partial charge in [-0.3, -0.25) is 14.6 Å². The maximum absolute atomic E-state index is 12.9. The van der Waals surface area contributed by atoms with Gasteiger partial charge < -0.3 is 14.5 Å². The molecule has 1 spiro atoms. The van der Waals surface area contributed by atoms with Crippen LogP contribution in [0.3, 0.4) is 0 Å². The summed E-state index contributed by atoms with van der Waals surface area (Å²) in [5, 5.41) is 0. The summed E-state index contributed by atoms with van der Waals surface area (Å²) in [5.41, 5.74) is 1.04. The Balaban J connectivity index is 1.64. The van der Waals surface area contributed by atoms with E-state index in [1.807, 2.05) is 34.1 Å². The monoisotopic (exact) mass is 365 g/mol. The van der Waals surface area contributed by atoms with E-state index in [-0.39, 0.29) is 11.8 Å². The van der Waals surface area contributed by atoms with Crippen molar-refractivity contribution in [2.24, 2.45) is 0 Å².